The Bertz CT molecular complexity index is 136. The molecule has 0 spiro atoms. The van der Waals surface area contributed by atoms with E-state index in [1.165, 1.54) is 0 Å². The summed E-state index contributed by atoms with van der Waals surface area (Å²) < 4.78 is 9.10. The van der Waals surface area contributed by atoms with Gasteiger partial charge in [-0.05, 0) is 6.58 Å². The van der Waals surface area contributed by atoms with E-state index in [2.05, 4.69) is 16.1 Å². The van der Waals surface area contributed by atoms with Crippen LogP contribution in [0.2, 0.25) is 0 Å². The van der Waals surface area contributed by atoms with Gasteiger partial charge in [0.05, 0.1) is 13.2 Å². The highest BCUT2D eigenvalue weighted by atomic mass is 16.6. The van der Waals surface area contributed by atoms with E-state index in [4.69, 9.17) is 10.2 Å². The topological polar surface area (TPSA) is 76.0 Å². The van der Waals surface area contributed by atoms with Gasteiger partial charge in [-0.15, -0.1) is 0 Å². The van der Waals surface area contributed by atoms with Crippen LogP contribution in [0.5, 0.6) is 0 Å². The Kier molecular flexibility index (Phi) is 6.04. The molecule has 0 rings (SSSR count). The number of esters is 1. The first-order valence-electron chi connectivity index (χ1n) is 3.43. The summed E-state index contributed by atoms with van der Waals surface area (Å²) in [5, 5.41) is 16.6. The molecule has 0 atom stereocenters. The second-order valence-corrected chi connectivity index (χ2v) is 1.85. The van der Waals surface area contributed by atoms with E-state index in [0.717, 1.165) is 0 Å². The first kappa shape index (κ1) is 10.9. The van der Waals surface area contributed by atoms with Gasteiger partial charge in [-0.25, -0.2) is 4.79 Å². The molecule has 0 amide bonds. The largest absolute Gasteiger partial charge is 0.485 e. The van der Waals surface area contributed by atoms with Crippen molar-refractivity contribution in [3.05, 3.63) is 12.3 Å². The van der Waals surface area contributed by atoms with E-state index in [9.17, 15) is 4.79 Å². The van der Waals surface area contributed by atoms with Crippen molar-refractivity contribution in [2.24, 2.45) is 0 Å². The summed E-state index contributed by atoms with van der Waals surface area (Å²) in [5.74, 6) is -0.894. The van der Waals surface area contributed by atoms with Gasteiger partial charge < -0.3 is 19.7 Å². The van der Waals surface area contributed by atoms with Crippen molar-refractivity contribution in [1.82, 2.24) is 0 Å². The number of hydrogen-bond donors (Lipinski definition) is 2. The predicted octanol–water partition coefficient (Wildman–Crippen LogP) is -0.956. The Balaban J connectivity index is 3.55. The van der Waals surface area contributed by atoms with Crippen molar-refractivity contribution < 1.29 is 24.5 Å². The lowest BCUT2D eigenvalue weighted by Crippen LogP contribution is -2.13. The van der Waals surface area contributed by atoms with Crippen molar-refractivity contribution >= 4 is 5.97 Å². The van der Waals surface area contributed by atoms with Crippen molar-refractivity contribution in [1.29, 1.82) is 0 Å². The molecule has 5 nitrogen and oxygen atoms in total. The van der Waals surface area contributed by atoms with Gasteiger partial charge in [0.15, 0.2) is 5.76 Å². The van der Waals surface area contributed by atoms with Crippen LogP contribution in [-0.2, 0) is 14.3 Å². The van der Waals surface area contributed by atoms with Crippen LogP contribution in [0.25, 0.3) is 0 Å². The Hall–Kier alpha value is -1.07. The average molecular weight is 176 g/mol. The minimum Gasteiger partial charge on any atom is -0.485 e. The summed E-state index contributed by atoms with van der Waals surface area (Å²) in [7, 11) is 0. The first-order chi connectivity index (χ1) is 5.72. The third-order valence-electron chi connectivity index (χ3n) is 0.920. The average Bonchev–Trinajstić information content (AvgIpc) is 2.10. The van der Waals surface area contributed by atoms with Crippen LogP contribution in [0.15, 0.2) is 12.3 Å². The lowest BCUT2D eigenvalue weighted by atomic mass is 10.5. The SMILES string of the molecule is C=C(OCCO)C(=O)OCCO. The standard InChI is InChI=1S/C7H12O5/c1-6(11-4-2-8)7(10)12-5-3-9/h8-9H,1-5H2. The molecule has 0 saturated heterocycles. The fourth-order valence-electron chi connectivity index (χ4n) is 0.447. The lowest BCUT2D eigenvalue weighted by Gasteiger charge is -2.06. The maximum absolute atomic E-state index is 10.8. The maximum Gasteiger partial charge on any atom is 0.373 e. The van der Waals surface area contributed by atoms with Crippen LogP contribution in [0, 0.1) is 0 Å². The minimum absolute atomic E-state index is 0.00700. The number of rotatable bonds is 6. The van der Waals surface area contributed by atoms with E-state index in [1.807, 2.05) is 0 Å². The summed E-state index contributed by atoms with van der Waals surface area (Å²) in [4.78, 5) is 10.8. The van der Waals surface area contributed by atoms with Gasteiger partial charge in [-0.1, -0.05) is 0 Å². The number of aliphatic hydroxyl groups excluding tert-OH is 2. The molecule has 12 heavy (non-hydrogen) atoms. The monoisotopic (exact) mass is 176 g/mol. The molecule has 0 heterocycles. The van der Waals surface area contributed by atoms with Crippen LogP contribution >= 0.6 is 0 Å². The molecular formula is C7H12O5. The van der Waals surface area contributed by atoms with Crippen LogP contribution in [0.3, 0.4) is 0 Å². The zero-order valence-electron chi connectivity index (χ0n) is 6.65. The third kappa shape index (κ3) is 4.70. The molecular weight excluding hydrogens is 164 g/mol. The van der Waals surface area contributed by atoms with Gasteiger partial charge >= 0.3 is 5.97 Å². The fraction of sp³-hybridized carbons (Fsp3) is 0.571. The van der Waals surface area contributed by atoms with E-state index >= 15 is 0 Å². The van der Waals surface area contributed by atoms with Gasteiger partial charge in [-0.3, -0.25) is 0 Å². The second-order valence-electron chi connectivity index (χ2n) is 1.85. The zero-order chi connectivity index (χ0) is 9.40. The van der Waals surface area contributed by atoms with E-state index < -0.39 is 5.97 Å². The molecule has 0 aliphatic carbocycles. The molecule has 70 valence electrons. The Morgan fingerprint density at radius 1 is 1.17 bits per heavy atom. The Morgan fingerprint density at radius 3 is 2.17 bits per heavy atom. The highest BCUT2D eigenvalue weighted by molar-refractivity contribution is 5.85. The van der Waals surface area contributed by atoms with Crippen LogP contribution in [0.1, 0.15) is 0 Å². The molecule has 2 N–H and O–H groups in total. The molecule has 0 aromatic heterocycles. The van der Waals surface area contributed by atoms with Gasteiger partial charge in [0, 0.05) is 0 Å². The minimum atomic E-state index is -0.725. The van der Waals surface area contributed by atoms with Crippen LogP contribution in [0.4, 0.5) is 0 Å². The Labute approximate surface area is 70.2 Å². The zero-order valence-corrected chi connectivity index (χ0v) is 6.65. The highest BCUT2D eigenvalue weighted by Gasteiger charge is 2.08. The lowest BCUT2D eigenvalue weighted by molar-refractivity contribution is -0.144. The highest BCUT2D eigenvalue weighted by Crippen LogP contribution is 1.95. The summed E-state index contributed by atoms with van der Waals surface area (Å²) in [5.41, 5.74) is 0. The molecule has 0 aromatic rings. The Morgan fingerprint density at radius 2 is 1.67 bits per heavy atom. The molecule has 0 unspecified atom stereocenters. The summed E-state index contributed by atoms with van der Waals surface area (Å²) in [6.45, 7) is 2.75. The van der Waals surface area contributed by atoms with Crippen molar-refractivity contribution in [2.75, 3.05) is 26.4 Å². The van der Waals surface area contributed by atoms with E-state index in [0.29, 0.717) is 0 Å². The molecule has 0 aliphatic rings. The number of aliphatic hydroxyl groups is 2. The number of ether oxygens (including phenoxy) is 2. The van der Waals surface area contributed by atoms with Crippen molar-refractivity contribution in [3.8, 4) is 0 Å². The molecule has 0 radical (unpaired) electrons. The molecule has 0 saturated carbocycles. The van der Waals surface area contributed by atoms with Gasteiger partial charge in [0.25, 0.3) is 0 Å². The predicted molar refractivity (Wildman–Crippen MR) is 40.2 cm³/mol. The maximum atomic E-state index is 10.8. The number of hydrogen-bond acceptors (Lipinski definition) is 5. The molecule has 5 heteroatoms. The fourth-order valence-corrected chi connectivity index (χ4v) is 0.447. The molecule has 0 bridgehead atoms. The van der Waals surface area contributed by atoms with Gasteiger partial charge in [0.2, 0.25) is 0 Å². The first-order valence-corrected chi connectivity index (χ1v) is 3.43. The van der Waals surface area contributed by atoms with Crippen molar-refractivity contribution in [3.63, 3.8) is 0 Å². The molecule has 0 aliphatic heterocycles. The van der Waals surface area contributed by atoms with Crippen molar-refractivity contribution in [2.45, 2.75) is 0 Å². The normalized spacial score (nSPS) is 9.17. The molecule has 0 aromatic carbocycles. The van der Waals surface area contributed by atoms with Crippen LogP contribution in [-0.4, -0.2) is 42.6 Å². The number of carbonyl (C=O) groups excluding carboxylic acids is 1. The summed E-state index contributed by atoms with van der Waals surface area (Å²) >= 11 is 0. The molecule has 0 fully saturated rings. The summed E-state index contributed by atoms with van der Waals surface area (Å²) in [6, 6.07) is 0. The van der Waals surface area contributed by atoms with E-state index in [1.54, 1.807) is 0 Å². The quantitative estimate of drug-likeness (QED) is 0.310. The summed E-state index contributed by atoms with van der Waals surface area (Å²) in [6.07, 6.45) is 0. The van der Waals surface area contributed by atoms with Crippen LogP contribution < -0.4 is 0 Å². The second kappa shape index (κ2) is 6.63. The third-order valence-corrected chi connectivity index (χ3v) is 0.920. The smallest absolute Gasteiger partial charge is 0.373 e. The van der Waals surface area contributed by atoms with E-state index in [-0.39, 0.29) is 32.2 Å². The van der Waals surface area contributed by atoms with Gasteiger partial charge in [-0.2, -0.15) is 0 Å². The number of carbonyl (C=O) groups is 1. The van der Waals surface area contributed by atoms with Gasteiger partial charge in [0.1, 0.15) is 13.2 Å².